The number of rotatable bonds is 2. The number of cyclic esters (lactones) is 1. The predicted octanol–water partition coefficient (Wildman–Crippen LogP) is 1.55. The molecule has 0 N–H and O–H groups in total. The number of carbonyl (C=O) groups excluding carboxylic acids is 2. The van der Waals surface area contributed by atoms with E-state index in [0.717, 1.165) is 31.6 Å². The lowest BCUT2D eigenvalue weighted by atomic mass is 9.94. The number of anilines is 1. The SMILES string of the molecule is CC(=O)N1CCC(c2cncc(N3C[C@@H](C)OC3=O)n2)CC1. The van der Waals surface area contributed by atoms with Gasteiger partial charge < -0.3 is 9.64 Å². The van der Waals surface area contributed by atoms with Crippen molar-refractivity contribution in [3.05, 3.63) is 18.1 Å². The number of carbonyl (C=O) groups is 2. The fourth-order valence-corrected chi connectivity index (χ4v) is 2.98. The molecule has 2 aliphatic heterocycles. The molecule has 0 spiro atoms. The molecule has 3 heterocycles. The van der Waals surface area contributed by atoms with Gasteiger partial charge in [0, 0.05) is 32.1 Å². The monoisotopic (exact) mass is 304 g/mol. The Kier molecular flexibility index (Phi) is 3.96. The molecule has 2 aliphatic rings. The maximum absolute atomic E-state index is 11.8. The molecule has 3 rings (SSSR count). The first-order chi connectivity index (χ1) is 10.5. The van der Waals surface area contributed by atoms with E-state index in [0.29, 0.717) is 12.4 Å². The van der Waals surface area contributed by atoms with Crippen LogP contribution in [0.2, 0.25) is 0 Å². The minimum atomic E-state index is -0.370. The van der Waals surface area contributed by atoms with Crippen LogP contribution in [0, 0.1) is 0 Å². The van der Waals surface area contributed by atoms with Crippen molar-refractivity contribution in [2.24, 2.45) is 0 Å². The van der Waals surface area contributed by atoms with Crippen molar-refractivity contribution in [2.75, 3.05) is 24.5 Å². The summed E-state index contributed by atoms with van der Waals surface area (Å²) in [6.07, 6.45) is 4.59. The van der Waals surface area contributed by atoms with Crippen LogP contribution in [0.3, 0.4) is 0 Å². The Morgan fingerprint density at radius 3 is 2.64 bits per heavy atom. The number of hydrogen-bond acceptors (Lipinski definition) is 5. The van der Waals surface area contributed by atoms with Crippen molar-refractivity contribution in [3.8, 4) is 0 Å². The molecule has 0 radical (unpaired) electrons. The first kappa shape index (κ1) is 14.7. The lowest BCUT2D eigenvalue weighted by Gasteiger charge is -2.31. The molecule has 0 aromatic carbocycles. The number of hydrogen-bond donors (Lipinski definition) is 0. The third kappa shape index (κ3) is 2.88. The third-order valence-corrected chi connectivity index (χ3v) is 4.24. The number of ether oxygens (including phenoxy) is 1. The van der Waals surface area contributed by atoms with Gasteiger partial charge in [-0.25, -0.2) is 9.78 Å². The van der Waals surface area contributed by atoms with E-state index >= 15 is 0 Å². The van der Waals surface area contributed by atoms with Gasteiger partial charge in [-0.3, -0.25) is 14.7 Å². The molecule has 0 saturated carbocycles. The number of aromatic nitrogens is 2. The highest BCUT2D eigenvalue weighted by atomic mass is 16.6. The van der Waals surface area contributed by atoms with Gasteiger partial charge in [0.1, 0.15) is 6.10 Å². The molecule has 0 bridgehead atoms. The Hall–Kier alpha value is -2.18. The van der Waals surface area contributed by atoms with E-state index in [1.54, 1.807) is 19.3 Å². The van der Waals surface area contributed by atoms with Gasteiger partial charge >= 0.3 is 6.09 Å². The summed E-state index contributed by atoms with van der Waals surface area (Å²) in [5.74, 6) is 0.937. The maximum Gasteiger partial charge on any atom is 0.415 e. The van der Waals surface area contributed by atoms with Crippen LogP contribution in [-0.2, 0) is 9.53 Å². The molecule has 2 saturated heterocycles. The van der Waals surface area contributed by atoms with Gasteiger partial charge in [-0.05, 0) is 19.8 Å². The molecule has 7 heteroatoms. The van der Waals surface area contributed by atoms with Gasteiger partial charge in [0.05, 0.1) is 18.4 Å². The van der Waals surface area contributed by atoms with Crippen LogP contribution in [0.4, 0.5) is 10.6 Å². The minimum absolute atomic E-state index is 0.118. The average Bonchev–Trinajstić information content (AvgIpc) is 2.86. The van der Waals surface area contributed by atoms with Crippen LogP contribution in [0.1, 0.15) is 38.3 Å². The summed E-state index contributed by atoms with van der Waals surface area (Å²) in [7, 11) is 0. The molecular formula is C15H20N4O3. The largest absolute Gasteiger partial charge is 0.444 e. The van der Waals surface area contributed by atoms with Crippen LogP contribution < -0.4 is 4.90 Å². The summed E-state index contributed by atoms with van der Waals surface area (Å²) in [4.78, 5) is 35.4. The summed E-state index contributed by atoms with van der Waals surface area (Å²) in [6.45, 7) is 5.44. The normalized spacial score (nSPS) is 22.8. The maximum atomic E-state index is 11.8. The predicted molar refractivity (Wildman–Crippen MR) is 79.6 cm³/mol. The summed E-state index contributed by atoms with van der Waals surface area (Å²) in [5.41, 5.74) is 0.882. The van der Waals surface area contributed by atoms with E-state index in [4.69, 9.17) is 4.74 Å². The summed E-state index contributed by atoms with van der Waals surface area (Å²) < 4.78 is 5.13. The first-order valence-corrected chi connectivity index (χ1v) is 7.60. The average molecular weight is 304 g/mol. The van der Waals surface area contributed by atoms with Crippen molar-refractivity contribution < 1.29 is 14.3 Å². The highest BCUT2D eigenvalue weighted by Crippen LogP contribution is 2.28. The number of likely N-dealkylation sites (tertiary alicyclic amines) is 1. The van der Waals surface area contributed by atoms with Crippen molar-refractivity contribution >= 4 is 17.8 Å². The molecule has 7 nitrogen and oxygen atoms in total. The van der Waals surface area contributed by atoms with E-state index in [9.17, 15) is 9.59 Å². The highest BCUT2D eigenvalue weighted by Gasteiger charge is 2.31. The molecule has 118 valence electrons. The summed E-state index contributed by atoms with van der Waals surface area (Å²) in [6, 6.07) is 0. The smallest absolute Gasteiger partial charge is 0.415 e. The van der Waals surface area contributed by atoms with E-state index in [1.165, 1.54) is 4.90 Å². The van der Waals surface area contributed by atoms with Crippen molar-refractivity contribution in [1.29, 1.82) is 0 Å². The Balaban J connectivity index is 1.72. The Morgan fingerprint density at radius 1 is 1.32 bits per heavy atom. The van der Waals surface area contributed by atoms with Crippen molar-refractivity contribution in [2.45, 2.75) is 38.7 Å². The number of piperidine rings is 1. The molecule has 22 heavy (non-hydrogen) atoms. The second-order valence-corrected chi connectivity index (χ2v) is 5.89. The van der Waals surface area contributed by atoms with Crippen LogP contribution in [0.15, 0.2) is 12.4 Å². The molecule has 0 unspecified atom stereocenters. The molecule has 2 fully saturated rings. The fraction of sp³-hybridized carbons (Fsp3) is 0.600. The van der Waals surface area contributed by atoms with Gasteiger partial charge in [-0.2, -0.15) is 0 Å². The zero-order valence-electron chi connectivity index (χ0n) is 12.9. The van der Waals surface area contributed by atoms with Crippen molar-refractivity contribution in [3.63, 3.8) is 0 Å². The first-order valence-electron chi connectivity index (χ1n) is 7.60. The standard InChI is InChI=1S/C15H20N4O3/c1-10-9-19(15(21)22-10)14-8-16-7-13(17-14)12-3-5-18(6-4-12)11(2)20/h7-8,10,12H,3-6,9H2,1-2H3/t10-/m1/s1. The third-order valence-electron chi connectivity index (χ3n) is 4.24. The number of nitrogens with zero attached hydrogens (tertiary/aromatic N) is 4. The van der Waals surface area contributed by atoms with Crippen LogP contribution >= 0.6 is 0 Å². The molecule has 1 aromatic rings. The molecule has 2 amide bonds. The van der Waals surface area contributed by atoms with Gasteiger partial charge in [-0.15, -0.1) is 0 Å². The van der Waals surface area contributed by atoms with Crippen LogP contribution in [-0.4, -0.2) is 52.6 Å². The second kappa shape index (κ2) is 5.90. The summed E-state index contributed by atoms with van der Waals surface area (Å²) in [5, 5.41) is 0. The molecule has 1 aromatic heterocycles. The van der Waals surface area contributed by atoms with Crippen LogP contribution in [0.25, 0.3) is 0 Å². The van der Waals surface area contributed by atoms with E-state index in [-0.39, 0.29) is 24.0 Å². The minimum Gasteiger partial charge on any atom is -0.444 e. The van der Waals surface area contributed by atoms with Gasteiger partial charge in [0.15, 0.2) is 5.82 Å². The summed E-state index contributed by atoms with van der Waals surface area (Å²) >= 11 is 0. The van der Waals surface area contributed by atoms with Gasteiger partial charge in [-0.1, -0.05) is 0 Å². The molecule has 1 atom stereocenters. The number of amides is 2. The lowest BCUT2D eigenvalue weighted by molar-refractivity contribution is -0.129. The molecule has 0 aliphatic carbocycles. The van der Waals surface area contributed by atoms with Gasteiger partial charge in [0.25, 0.3) is 0 Å². The Morgan fingerprint density at radius 2 is 2.05 bits per heavy atom. The highest BCUT2D eigenvalue weighted by molar-refractivity contribution is 5.88. The fourth-order valence-electron chi connectivity index (χ4n) is 2.98. The lowest BCUT2D eigenvalue weighted by Crippen LogP contribution is -2.36. The molecular weight excluding hydrogens is 284 g/mol. The topological polar surface area (TPSA) is 75.6 Å². The van der Waals surface area contributed by atoms with Gasteiger partial charge in [0.2, 0.25) is 5.91 Å². The van der Waals surface area contributed by atoms with E-state index < -0.39 is 0 Å². The zero-order chi connectivity index (χ0) is 15.7. The van der Waals surface area contributed by atoms with Crippen LogP contribution in [0.5, 0.6) is 0 Å². The van der Waals surface area contributed by atoms with E-state index in [1.807, 2.05) is 11.8 Å². The zero-order valence-corrected chi connectivity index (χ0v) is 12.9. The van der Waals surface area contributed by atoms with E-state index in [2.05, 4.69) is 9.97 Å². The quantitative estimate of drug-likeness (QED) is 0.828. The van der Waals surface area contributed by atoms with Crippen molar-refractivity contribution in [1.82, 2.24) is 14.9 Å². The Bertz CT molecular complexity index is 584. The Labute approximate surface area is 129 Å². The second-order valence-electron chi connectivity index (χ2n) is 5.89.